The summed E-state index contributed by atoms with van der Waals surface area (Å²) < 4.78 is 26.1. The molecule has 0 atom stereocenters. The fraction of sp³-hybridized carbons (Fsp3) is 0.636. The molecule has 6 nitrogen and oxygen atoms in total. The van der Waals surface area contributed by atoms with Crippen LogP contribution in [0.1, 0.15) is 12.4 Å². The fourth-order valence-corrected chi connectivity index (χ4v) is 1.59. The molecule has 0 aliphatic heterocycles. The van der Waals surface area contributed by atoms with Crippen LogP contribution < -0.4 is 0 Å². The van der Waals surface area contributed by atoms with Crippen LogP contribution in [-0.4, -0.2) is 64.2 Å². The summed E-state index contributed by atoms with van der Waals surface area (Å²) in [4.78, 5) is 18.1. The van der Waals surface area contributed by atoms with Crippen molar-refractivity contribution in [2.45, 2.75) is 13.1 Å². The molecule has 0 aliphatic rings. The lowest BCUT2D eigenvalue weighted by atomic mass is 10.4. The van der Waals surface area contributed by atoms with Gasteiger partial charge in [-0.1, -0.05) is 0 Å². The van der Waals surface area contributed by atoms with Crippen molar-refractivity contribution in [2.75, 3.05) is 33.7 Å². The smallest absolute Gasteiger partial charge is 0.319 e. The van der Waals surface area contributed by atoms with Crippen LogP contribution in [0.15, 0.2) is 12.4 Å². The second-order valence-corrected chi connectivity index (χ2v) is 4.44. The molecule has 108 valence electrons. The SMILES string of the molecule is CN(C)CCN(CC(=O)O)Cc1nccn1C(F)F. The second-order valence-electron chi connectivity index (χ2n) is 4.44. The summed E-state index contributed by atoms with van der Waals surface area (Å²) in [7, 11) is 3.72. The first kappa shape index (κ1) is 15.5. The number of imidazole rings is 1. The Morgan fingerprint density at radius 3 is 2.68 bits per heavy atom. The molecule has 0 amide bonds. The lowest BCUT2D eigenvalue weighted by Gasteiger charge is -2.22. The highest BCUT2D eigenvalue weighted by Crippen LogP contribution is 2.13. The predicted octanol–water partition coefficient (Wildman–Crippen LogP) is 0.726. The van der Waals surface area contributed by atoms with Crippen LogP contribution in [0.2, 0.25) is 0 Å². The number of carbonyl (C=O) groups is 1. The third kappa shape index (κ3) is 5.31. The van der Waals surface area contributed by atoms with E-state index >= 15 is 0 Å². The average Bonchev–Trinajstić information content (AvgIpc) is 2.73. The highest BCUT2D eigenvalue weighted by atomic mass is 19.3. The molecule has 8 heteroatoms. The molecule has 0 bridgehead atoms. The molecular weight excluding hydrogens is 258 g/mol. The number of likely N-dealkylation sites (N-methyl/N-ethyl adjacent to an activating group) is 1. The zero-order chi connectivity index (χ0) is 14.4. The molecule has 19 heavy (non-hydrogen) atoms. The van der Waals surface area contributed by atoms with Gasteiger partial charge >= 0.3 is 12.5 Å². The van der Waals surface area contributed by atoms with Crippen LogP contribution in [0.3, 0.4) is 0 Å². The lowest BCUT2D eigenvalue weighted by Crippen LogP contribution is -2.36. The quantitative estimate of drug-likeness (QED) is 0.758. The number of aliphatic carboxylic acids is 1. The number of rotatable bonds is 8. The third-order valence-corrected chi connectivity index (χ3v) is 2.55. The van der Waals surface area contributed by atoms with Crippen LogP contribution in [-0.2, 0) is 11.3 Å². The minimum Gasteiger partial charge on any atom is -0.480 e. The molecule has 1 heterocycles. The van der Waals surface area contributed by atoms with Crippen LogP contribution >= 0.6 is 0 Å². The van der Waals surface area contributed by atoms with Gasteiger partial charge in [-0.05, 0) is 14.1 Å². The molecule has 0 saturated heterocycles. The van der Waals surface area contributed by atoms with E-state index < -0.39 is 12.5 Å². The topological polar surface area (TPSA) is 61.6 Å². The van der Waals surface area contributed by atoms with Gasteiger partial charge in [-0.2, -0.15) is 8.78 Å². The first-order valence-electron chi connectivity index (χ1n) is 5.79. The van der Waals surface area contributed by atoms with Crippen molar-refractivity contribution in [1.29, 1.82) is 0 Å². The first-order chi connectivity index (χ1) is 8.90. The zero-order valence-electron chi connectivity index (χ0n) is 11.0. The second kappa shape index (κ2) is 7.15. The number of nitrogens with zero attached hydrogens (tertiary/aromatic N) is 4. The standard InChI is InChI=1S/C11H18F2N4O2/c1-15(2)5-6-16(8-10(18)19)7-9-14-3-4-17(9)11(12)13/h3-4,11H,5-8H2,1-2H3,(H,18,19). The highest BCUT2D eigenvalue weighted by Gasteiger charge is 2.16. The van der Waals surface area contributed by atoms with Crippen molar-refractivity contribution in [3.8, 4) is 0 Å². The van der Waals surface area contributed by atoms with E-state index in [0.29, 0.717) is 13.1 Å². The van der Waals surface area contributed by atoms with Gasteiger partial charge in [0, 0.05) is 25.5 Å². The summed E-state index contributed by atoms with van der Waals surface area (Å²) in [6, 6.07) is 0. The largest absolute Gasteiger partial charge is 0.480 e. The summed E-state index contributed by atoms with van der Waals surface area (Å²) in [6.45, 7) is -1.68. The average molecular weight is 276 g/mol. The number of halogens is 2. The summed E-state index contributed by atoms with van der Waals surface area (Å²) >= 11 is 0. The van der Waals surface area contributed by atoms with Crippen LogP contribution in [0, 0.1) is 0 Å². The van der Waals surface area contributed by atoms with Gasteiger partial charge in [-0.3, -0.25) is 14.3 Å². The van der Waals surface area contributed by atoms with Gasteiger partial charge in [-0.25, -0.2) is 4.98 Å². The Labute approximate surface area is 110 Å². The van der Waals surface area contributed by atoms with E-state index in [1.807, 2.05) is 19.0 Å². The number of hydrogen-bond acceptors (Lipinski definition) is 4. The summed E-state index contributed by atoms with van der Waals surface area (Å²) in [5.41, 5.74) is 0. The van der Waals surface area contributed by atoms with Crippen molar-refractivity contribution in [3.63, 3.8) is 0 Å². The van der Waals surface area contributed by atoms with Crippen molar-refractivity contribution in [1.82, 2.24) is 19.4 Å². The molecule has 1 N–H and O–H groups in total. The van der Waals surface area contributed by atoms with Gasteiger partial charge in [0.1, 0.15) is 5.82 Å². The molecule has 0 aromatic carbocycles. The van der Waals surface area contributed by atoms with Crippen molar-refractivity contribution in [3.05, 3.63) is 18.2 Å². The number of carboxylic acid groups (broad SMARTS) is 1. The maximum absolute atomic E-state index is 12.7. The van der Waals surface area contributed by atoms with Crippen LogP contribution in [0.25, 0.3) is 0 Å². The van der Waals surface area contributed by atoms with Gasteiger partial charge in [-0.15, -0.1) is 0 Å². The van der Waals surface area contributed by atoms with E-state index in [1.165, 1.54) is 12.4 Å². The Hall–Kier alpha value is -1.54. The van der Waals surface area contributed by atoms with Gasteiger partial charge in [0.25, 0.3) is 0 Å². The normalized spacial score (nSPS) is 11.7. The summed E-state index contributed by atoms with van der Waals surface area (Å²) in [5, 5.41) is 8.83. The zero-order valence-corrected chi connectivity index (χ0v) is 11.0. The first-order valence-corrected chi connectivity index (χ1v) is 5.79. The third-order valence-electron chi connectivity index (χ3n) is 2.55. The molecule has 1 aromatic rings. The Balaban J connectivity index is 2.69. The van der Waals surface area contributed by atoms with E-state index in [1.54, 1.807) is 4.90 Å². The van der Waals surface area contributed by atoms with Crippen molar-refractivity contribution < 1.29 is 18.7 Å². The van der Waals surface area contributed by atoms with Crippen LogP contribution in [0.4, 0.5) is 8.78 Å². The van der Waals surface area contributed by atoms with Crippen LogP contribution in [0.5, 0.6) is 0 Å². The molecular formula is C11H18F2N4O2. The van der Waals surface area contributed by atoms with E-state index in [2.05, 4.69) is 4.98 Å². The maximum Gasteiger partial charge on any atom is 0.319 e. The van der Waals surface area contributed by atoms with E-state index in [-0.39, 0.29) is 18.9 Å². The molecule has 0 unspecified atom stereocenters. The number of alkyl halides is 2. The number of aromatic nitrogens is 2. The Morgan fingerprint density at radius 1 is 1.47 bits per heavy atom. The van der Waals surface area contributed by atoms with E-state index in [9.17, 15) is 13.6 Å². The Bertz CT molecular complexity index is 409. The lowest BCUT2D eigenvalue weighted by molar-refractivity contribution is -0.138. The maximum atomic E-state index is 12.7. The highest BCUT2D eigenvalue weighted by molar-refractivity contribution is 5.69. The van der Waals surface area contributed by atoms with E-state index in [4.69, 9.17) is 5.11 Å². The van der Waals surface area contributed by atoms with Crippen molar-refractivity contribution in [2.24, 2.45) is 0 Å². The molecule has 1 rings (SSSR count). The molecule has 0 radical (unpaired) electrons. The minimum atomic E-state index is -2.67. The fourth-order valence-electron chi connectivity index (χ4n) is 1.59. The van der Waals surface area contributed by atoms with Gasteiger partial charge in [0.2, 0.25) is 0 Å². The van der Waals surface area contributed by atoms with Gasteiger partial charge in [0.05, 0.1) is 13.1 Å². The van der Waals surface area contributed by atoms with Crippen molar-refractivity contribution >= 4 is 5.97 Å². The predicted molar refractivity (Wildman–Crippen MR) is 64.9 cm³/mol. The number of carboxylic acids is 1. The summed E-state index contributed by atoms with van der Waals surface area (Å²) in [5.74, 6) is -0.830. The van der Waals surface area contributed by atoms with Gasteiger partial charge in [0.15, 0.2) is 0 Å². The molecule has 1 aromatic heterocycles. The molecule has 0 saturated carbocycles. The summed E-state index contributed by atoms with van der Waals surface area (Å²) in [6.07, 6.45) is 2.47. The van der Waals surface area contributed by atoms with Gasteiger partial charge < -0.3 is 10.0 Å². The molecule has 0 spiro atoms. The molecule has 0 fully saturated rings. The monoisotopic (exact) mass is 276 g/mol. The number of hydrogen-bond donors (Lipinski definition) is 1. The van der Waals surface area contributed by atoms with E-state index in [0.717, 1.165) is 4.57 Å². The Morgan fingerprint density at radius 2 is 2.16 bits per heavy atom. The Kier molecular flexibility index (Phi) is 5.84. The molecule has 0 aliphatic carbocycles. The minimum absolute atomic E-state index is 0.0808.